The predicted molar refractivity (Wildman–Crippen MR) is 70.1 cm³/mol. The van der Waals surface area contributed by atoms with Crippen molar-refractivity contribution in [3.05, 3.63) is 23.5 Å². The number of nitrogens with two attached hydrogens (primary N) is 1. The van der Waals surface area contributed by atoms with Crippen molar-refractivity contribution in [2.75, 3.05) is 6.54 Å². The Labute approximate surface area is 108 Å². The molecule has 1 saturated carbocycles. The normalized spacial score (nSPS) is 25.5. The van der Waals surface area contributed by atoms with E-state index in [1.807, 2.05) is 4.90 Å². The summed E-state index contributed by atoms with van der Waals surface area (Å²) in [6.07, 6.45) is 2.77. The zero-order valence-corrected chi connectivity index (χ0v) is 11.1. The van der Waals surface area contributed by atoms with Crippen LogP contribution in [-0.4, -0.2) is 27.5 Å². The van der Waals surface area contributed by atoms with Crippen LogP contribution in [0.4, 0.5) is 0 Å². The molecule has 2 heterocycles. The van der Waals surface area contributed by atoms with Crippen molar-refractivity contribution in [3.8, 4) is 0 Å². The Balaban J connectivity index is 1.86. The average Bonchev–Trinajstić information content (AvgIpc) is 2.69. The van der Waals surface area contributed by atoms with Crippen molar-refractivity contribution in [1.82, 2.24) is 9.47 Å². The fourth-order valence-electron chi connectivity index (χ4n) is 3.16. The number of amides is 1. The molecule has 1 aliphatic heterocycles. The number of carbonyl (C=O) groups excluding carboxylic acids is 1. The summed E-state index contributed by atoms with van der Waals surface area (Å²) in [5.41, 5.74) is 8.10. The lowest BCUT2D eigenvalue weighted by Gasteiger charge is -2.44. The number of carbonyl (C=O) groups is 1. The van der Waals surface area contributed by atoms with Gasteiger partial charge in [0.05, 0.1) is 11.6 Å². The molecule has 18 heavy (non-hydrogen) atoms. The maximum Gasteiger partial charge on any atom is 0.243 e. The molecular weight excluding hydrogens is 226 g/mol. The summed E-state index contributed by atoms with van der Waals surface area (Å²) in [4.78, 5) is 14.5. The number of rotatable bonds is 1. The second-order valence-electron chi connectivity index (χ2n) is 5.74. The van der Waals surface area contributed by atoms with Gasteiger partial charge < -0.3 is 15.2 Å². The molecule has 1 fully saturated rings. The maximum atomic E-state index is 12.5. The van der Waals surface area contributed by atoms with Crippen LogP contribution in [-0.2, 0) is 11.3 Å². The van der Waals surface area contributed by atoms with Crippen LogP contribution < -0.4 is 5.73 Å². The molecule has 1 unspecified atom stereocenters. The van der Waals surface area contributed by atoms with E-state index in [-0.39, 0.29) is 11.9 Å². The Kier molecular flexibility index (Phi) is 2.52. The molecule has 1 aromatic heterocycles. The molecule has 1 atom stereocenters. The lowest BCUT2D eigenvalue weighted by atomic mass is 9.76. The van der Waals surface area contributed by atoms with Crippen molar-refractivity contribution in [3.63, 3.8) is 0 Å². The summed E-state index contributed by atoms with van der Waals surface area (Å²) >= 11 is 0. The Bertz CT molecular complexity index is 487. The van der Waals surface area contributed by atoms with E-state index in [1.54, 1.807) is 0 Å². The van der Waals surface area contributed by atoms with E-state index in [0.29, 0.717) is 0 Å². The van der Waals surface area contributed by atoms with E-state index < -0.39 is 5.54 Å². The van der Waals surface area contributed by atoms with Crippen molar-refractivity contribution in [1.29, 1.82) is 0 Å². The van der Waals surface area contributed by atoms with Crippen molar-refractivity contribution in [2.24, 2.45) is 5.73 Å². The van der Waals surface area contributed by atoms with Crippen LogP contribution in [0.5, 0.6) is 0 Å². The molecule has 4 heteroatoms. The molecular formula is C14H21N3O. The second-order valence-corrected chi connectivity index (χ2v) is 5.74. The first-order valence-corrected chi connectivity index (χ1v) is 6.79. The maximum absolute atomic E-state index is 12.5. The standard InChI is InChI=1S/C14H21N3O/c1-10-4-5-12-11(2)17(9-8-16(10)12)13(18)14(15)6-3-7-14/h4-5,11H,3,6-9,15H2,1-2H3. The average molecular weight is 247 g/mol. The fourth-order valence-corrected chi connectivity index (χ4v) is 3.16. The highest BCUT2D eigenvalue weighted by Crippen LogP contribution is 2.35. The summed E-state index contributed by atoms with van der Waals surface area (Å²) < 4.78 is 2.30. The van der Waals surface area contributed by atoms with E-state index >= 15 is 0 Å². The van der Waals surface area contributed by atoms with Crippen LogP contribution in [0.25, 0.3) is 0 Å². The Hall–Kier alpha value is -1.29. The summed E-state index contributed by atoms with van der Waals surface area (Å²) in [6.45, 7) is 5.89. The highest BCUT2D eigenvalue weighted by atomic mass is 16.2. The van der Waals surface area contributed by atoms with Gasteiger partial charge in [-0.2, -0.15) is 0 Å². The third-order valence-electron chi connectivity index (χ3n) is 4.63. The second kappa shape index (κ2) is 3.85. The predicted octanol–water partition coefficient (Wildman–Crippen LogP) is 1.58. The minimum atomic E-state index is -0.571. The van der Waals surface area contributed by atoms with Gasteiger partial charge in [-0.25, -0.2) is 0 Å². The number of nitrogens with zero attached hydrogens (tertiary/aromatic N) is 2. The van der Waals surface area contributed by atoms with E-state index in [0.717, 1.165) is 32.4 Å². The highest BCUT2D eigenvalue weighted by Gasteiger charge is 2.44. The molecule has 1 amide bonds. The molecule has 0 bridgehead atoms. The van der Waals surface area contributed by atoms with Gasteiger partial charge in [0, 0.05) is 24.5 Å². The summed E-state index contributed by atoms with van der Waals surface area (Å²) in [5, 5.41) is 0. The first-order valence-electron chi connectivity index (χ1n) is 6.79. The van der Waals surface area contributed by atoms with Crippen LogP contribution in [0.1, 0.15) is 43.6 Å². The van der Waals surface area contributed by atoms with Gasteiger partial charge in [-0.15, -0.1) is 0 Å². The number of hydrogen-bond acceptors (Lipinski definition) is 2. The topological polar surface area (TPSA) is 51.3 Å². The van der Waals surface area contributed by atoms with E-state index in [1.165, 1.54) is 11.4 Å². The fraction of sp³-hybridized carbons (Fsp3) is 0.643. The SMILES string of the molecule is Cc1ccc2n1CCN(C(=O)C1(N)CCC1)C2C. The Morgan fingerprint density at radius 3 is 2.72 bits per heavy atom. The largest absolute Gasteiger partial charge is 0.345 e. The van der Waals surface area contributed by atoms with Gasteiger partial charge in [0.2, 0.25) is 5.91 Å². The molecule has 2 aliphatic rings. The lowest BCUT2D eigenvalue weighted by molar-refractivity contribution is -0.143. The molecule has 0 saturated heterocycles. The third kappa shape index (κ3) is 1.52. The molecule has 2 N–H and O–H groups in total. The van der Waals surface area contributed by atoms with Crippen LogP contribution in [0, 0.1) is 6.92 Å². The lowest BCUT2D eigenvalue weighted by Crippen LogP contribution is -2.61. The number of aryl methyl sites for hydroxylation is 1. The van der Waals surface area contributed by atoms with Crippen molar-refractivity contribution in [2.45, 2.75) is 51.2 Å². The molecule has 1 aromatic rings. The summed E-state index contributed by atoms with van der Waals surface area (Å²) in [7, 11) is 0. The number of hydrogen-bond donors (Lipinski definition) is 1. The van der Waals surface area contributed by atoms with Crippen molar-refractivity contribution >= 4 is 5.91 Å². The van der Waals surface area contributed by atoms with E-state index in [2.05, 4.69) is 30.5 Å². The van der Waals surface area contributed by atoms with Gasteiger partial charge in [0.25, 0.3) is 0 Å². The van der Waals surface area contributed by atoms with Gasteiger partial charge in [-0.1, -0.05) is 0 Å². The van der Waals surface area contributed by atoms with Gasteiger partial charge in [0.1, 0.15) is 0 Å². The third-order valence-corrected chi connectivity index (χ3v) is 4.63. The molecule has 0 spiro atoms. The van der Waals surface area contributed by atoms with Crippen molar-refractivity contribution < 1.29 is 4.79 Å². The molecule has 0 radical (unpaired) electrons. The quantitative estimate of drug-likeness (QED) is 0.819. The van der Waals surface area contributed by atoms with Gasteiger partial charge in [-0.3, -0.25) is 4.79 Å². The van der Waals surface area contributed by atoms with Gasteiger partial charge in [-0.05, 0) is 45.2 Å². The Morgan fingerprint density at radius 1 is 1.39 bits per heavy atom. The summed E-state index contributed by atoms with van der Waals surface area (Å²) in [6, 6.07) is 4.39. The van der Waals surface area contributed by atoms with Gasteiger partial charge in [0.15, 0.2) is 0 Å². The first-order chi connectivity index (χ1) is 8.53. The van der Waals surface area contributed by atoms with Gasteiger partial charge >= 0.3 is 0 Å². The molecule has 98 valence electrons. The summed E-state index contributed by atoms with van der Waals surface area (Å²) in [5.74, 6) is 0.145. The highest BCUT2D eigenvalue weighted by molar-refractivity contribution is 5.87. The van der Waals surface area contributed by atoms with Crippen LogP contribution in [0.3, 0.4) is 0 Å². The van der Waals surface area contributed by atoms with E-state index in [9.17, 15) is 4.79 Å². The van der Waals surface area contributed by atoms with Crippen LogP contribution in [0.15, 0.2) is 12.1 Å². The molecule has 4 nitrogen and oxygen atoms in total. The molecule has 1 aliphatic carbocycles. The smallest absolute Gasteiger partial charge is 0.243 e. The number of aromatic nitrogens is 1. The first kappa shape index (κ1) is 11.8. The minimum Gasteiger partial charge on any atom is -0.345 e. The molecule has 3 rings (SSSR count). The van der Waals surface area contributed by atoms with E-state index in [4.69, 9.17) is 5.73 Å². The Morgan fingerprint density at radius 2 is 2.11 bits per heavy atom. The zero-order valence-electron chi connectivity index (χ0n) is 11.1. The zero-order chi connectivity index (χ0) is 12.9. The van der Waals surface area contributed by atoms with Crippen LogP contribution >= 0.6 is 0 Å². The van der Waals surface area contributed by atoms with Crippen LogP contribution in [0.2, 0.25) is 0 Å². The minimum absolute atomic E-state index is 0.140. The molecule has 0 aromatic carbocycles. The number of fused-ring (bicyclic) bond motifs is 1. The monoisotopic (exact) mass is 247 g/mol.